The van der Waals surface area contributed by atoms with E-state index in [0.717, 1.165) is 11.1 Å². The molecule has 0 spiro atoms. The van der Waals surface area contributed by atoms with Crippen LogP contribution in [0.1, 0.15) is 18.1 Å². The Morgan fingerprint density at radius 3 is 2.92 bits per heavy atom. The van der Waals surface area contributed by atoms with Gasteiger partial charge in [0, 0.05) is 0 Å². The summed E-state index contributed by atoms with van der Waals surface area (Å²) >= 11 is 0. The van der Waals surface area contributed by atoms with E-state index in [1.807, 2.05) is 37.3 Å². The quantitative estimate of drug-likeness (QED) is 0.677. The molecule has 1 heterocycles. The van der Waals surface area contributed by atoms with Gasteiger partial charge in [-0.3, -0.25) is 4.79 Å². The molecule has 24 heavy (non-hydrogen) atoms. The van der Waals surface area contributed by atoms with Crippen LogP contribution >= 0.6 is 0 Å². The number of hydrogen-bond acceptors (Lipinski definition) is 5. The Labute approximate surface area is 140 Å². The first kappa shape index (κ1) is 15.9. The molecule has 0 aliphatic carbocycles. The maximum atomic E-state index is 12.0. The number of aryl methyl sites for hydroxylation is 1. The van der Waals surface area contributed by atoms with Gasteiger partial charge in [-0.1, -0.05) is 12.1 Å². The highest BCUT2D eigenvalue weighted by molar-refractivity contribution is 5.85. The van der Waals surface area contributed by atoms with Crippen molar-refractivity contribution < 1.29 is 19.0 Å². The van der Waals surface area contributed by atoms with Crippen LogP contribution in [-0.2, 0) is 4.79 Å². The molecule has 1 atom stereocenters. The lowest BCUT2D eigenvalue weighted by Crippen LogP contribution is -2.33. The van der Waals surface area contributed by atoms with Gasteiger partial charge in [0.25, 0.3) is 5.91 Å². The summed E-state index contributed by atoms with van der Waals surface area (Å²) in [6.45, 7) is 3.86. The van der Waals surface area contributed by atoms with Gasteiger partial charge in [-0.25, -0.2) is 5.43 Å². The topological polar surface area (TPSA) is 69.2 Å². The average Bonchev–Trinajstić information content (AvgIpc) is 3.02. The average molecular weight is 326 g/mol. The number of carbonyl (C=O) groups excluding carboxylic acids is 1. The zero-order valence-electron chi connectivity index (χ0n) is 13.5. The van der Waals surface area contributed by atoms with Crippen LogP contribution in [0.2, 0.25) is 0 Å². The molecule has 1 amide bonds. The molecule has 6 heteroatoms. The summed E-state index contributed by atoms with van der Waals surface area (Å²) in [4.78, 5) is 12.0. The standard InChI is InChI=1S/C18H18N2O4/c1-12-4-3-5-15(8-12)24-13(2)18(21)20-19-10-14-6-7-16-17(9-14)23-11-22-16/h3-10,13H,11H2,1-2H3,(H,20,21)/b19-10+/t13-/m1/s1. The van der Waals surface area contributed by atoms with Gasteiger partial charge in [-0.15, -0.1) is 0 Å². The summed E-state index contributed by atoms with van der Waals surface area (Å²) in [6.07, 6.45) is 0.889. The number of hydrogen-bond donors (Lipinski definition) is 1. The maximum absolute atomic E-state index is 12.0. The summed E-state index contributed by atoms with van der Waals surface area (Å²) in [6, 6.07) is 13.0. The van der Waals surface area contributed by atoms with Gasteiger partial charge in [-0.2, -0.15) is 5.10 Å². The van der Waals surface area contributed by atoms with Gasteiger partial charge < -0.3 is 14.2 Å². The molecule has 0 unspecified atom stereocenters. The lowest BCUT2D eigenvalue weighted by Gasteiger charge is -2.13. The van der Waals surface area contributed by atoms with Crippen molar-refractivity contribution in [3.63, 3.8) is 0 Å². The zero-order valence-corrected chi connectivity index (χ0v) is 13.5. The molecule has 0 aromatic heterocycles. The van der Waals surface area contributed by atoms with Crippen LogP contribution in [0.4, 0.5) is 0 Å². The zero-order chi connectivity index (χ0) is 16.9. The molecule has 0 saturated heterocycles. The Morgan fingerprint density at radius 2 is 2.08 bits per heavy atom. The Bertz CT molecular complexity index is 773. The molecule has 2 aromatic rings. The molecule has 0 saturated carbocycles. The van der Waals surface area contributed by atoms with E-state index in [-0.39, 0.29) is 12.7 Å². The monoisotopic (exact) mass is 326 g/mol. The summed E-state index contributed by atoms with van der Waals surface area (Å²) in [7, 11) is 0. The third-order valence-electron chi connectivity index (χ3n) is 3.46. The van der Waals surface area contributed by atoms with E-state index in [1.165, 1.54) is 0 Å². The minimum Gasteiger partial charge on any atom is -0.481 e. The highest BCUT2D eigenvalue weighted by atomic mass is 16.7. The molecule has 2 aromatic carbocycles. The SMILES string of the molecule is Cc1cccc(O[C@H](C)C(=O)N/N=C/c2ccc3c(c2)OCO3)c1. The molecule has 124 valence electrons. The summed E-state index contributed by atoms with van der Waals surface area (Å²) in [5, 5.41) is 3.95. The van der Waals surface area contributed by atoms with Gasteiger partial charge in [0.15, 0.2) is 17.6 Å². The number of benzene rings is 2. The number of amides is 1. The number of rotatable bonds is 5. The van der Waals surface area contributed by atoms with E-state index in [4.69, 9.17) is 14.2 Å². The predicted molar refractivity (Wildman–Crippen MR) is 89.6 cm³/mol. The highest BCUT2D eigenvalue weighted by Gasteiger charge is 2.14. The maximum Gasteiger partial charge on any atom is 0.280 e. The largest absolute Gasteiger partial charge is 0.481 e. The highest BCUT2D eigenvalue weighted by Crippen LogP contribution is 2.31. The molecule has 0 bridgehead atoms. The van der Waals surface area contributed by atoms with Crippen molar-refractivity contribution in [3.05, 3.63) is 53.6 Å². The third-order valence-corrected chi connectivity index (χ3v) is 3.46. The fourth-order valence-corrected chi connectivity index (χ4v) is 2.20. The second kappa shape index (κ2) is 7.04. The fourth-order valence-electron chi connectivity index (χ4n) is 2.20. The molecule has 0 radical (unpaired) electrons. The van der Waals surface area contributed by atoms with Crippen molar-refractivity contribution in [1.82, 2.24) is 5.43 Å². The van der Waals surface area contributed by atoms with Crippen LogP contribution < -0.4 is 19.6 Å². The van der Waals surface area contributed by atoms with E-state index >= 15 is 0 Å². The minimum absolute atomic E-state index is 0.223. The number of nitrogens with zero attached hydrogens (tertiary/aromatic N) is 1. The lowest BCUT2D eigenvalue weighted by atomic mass is 10.2. The van der Waals surface area contributed by atoms with Gasteiger partial charge in [0.1, 0.15) is 5.75 Å². The molecule has 3 rings (SSSR count). The van der Waals surface area contributed by atoms with Crippen LogP contribution in [0.15, 0.2) is 47.6 Å². The van der Waals surface area contributed by atoms with Gasteiger partial charge in [0.05, 0.1) is 6.21 Å². The van der Waals surface area contributed by atoms with E-state index in [9.17, 15) is 4.79 Å². The molecular formula is C18H18N2O4. The van der Waals surface area contributed by atoms with Gasteiger partial charge >= 0.3 is 0 Å². The fraction of sp³-hybridized carbons (Fsp3) is 0.222. The summed E-state index contributed by atoms with van der Waals surface area (Å²) in [5.74, 6) is 1.70. The Kier molecular flexibility index (Phi) is 4.65. The number of nitrogens with one attached hydrogen (secondary N) is 1. The van der Waals surface area contributed by atoms with Crippen LogP contribution in [-0.4, -0.2) is 25.0 Å². The molecule has 0 fully saturated rings. The van der Waals surface area contributed by atoms with Crippen molar-refractivity contribution >= 4 is 12.1 Å². The molecular weight excluding hydrogens is 308 g/mol. The molecule has 1 aliphatic heterocycles. The van der Waals surface area contributed by atoms with Crippen molar-refractivity contribution in [1.29, 1.82) is 0 Å². The van der Waals surface area contributed by atoms with Crippen molar-refractivity contribution in [2.75, 3.05) is 6.79 Å². The van der Waals surface area contributed by atoms with Gasteiger partial charge in [0.2, 0.25) is 6.79 Å². The molecule has 1 aliphatic rings. The number of carbonyl (C=O) groups is 1. The number of hydrazone groups is 1. The summed E-state index contributed by atoms with van der Waals surface area (Å²) in [5.41, 5.74) is 4.34. The molecule has 1 N–H and O–H groups in total. The van der Waals surface area contributed by atoms with Crippen LogP contribution in [0.25, 0.3) is 0 Å². The second-order valence-electron chi connectivity index (χ2n) is 5.42. The van der Waals surface area contributed by atoms with E-state index in [1.54, 1.807) is 25.3 Å². The number of fused-ring (bicyclic) bond motifs is 1. The normalized spacial score (nSPS) is 13.8. The predicted octanol–water partition coefficient (Wildman–Crippen LogP) is 2.64. The minimum atomic E-state index is -0.652. The third kappa shape index (κ3) is 3.84. The van der Waals surface area contributed by atoms with Crippen molar-refractivity contribution in [2.24, 2.45) is 5.10 Å². The summed E-state index contributed by atoms with van der Waals surface area (Å²) < 4.78 is 16.1. The van der Waals surface area contributed by atoms with E-state index in [2.05, 4.69) is 10.5 Å². The molecule has 6 nitrogen and oxygen atoms in total. The first-order valence-corrected chi connectivity index (χ1v) is 7.58. The Morgan fingerprint density at radius 1 is 1.25 bits per heavy atom. The van der Waals surface area contributed by atoms with Crippen LogP contribution in [0.5, 0.6) is 17.2 Å². The Hall–Kier alpha value is -3.02. The lowest BCUT2D eigenvalue weighted by molar-refractivity contribution is -0.127. The van der Waals surface area contributed by atoms with Gasteiger partial charge in [-0.05, 0) is 55.3 Å². The van der Waals surface area contributed by atoms with Crippen LogP contribution in [0.3, 0.4) is 0 Å². The number of ether oxygens (including phenoxy) is 3. The van der Waals surface area contributed by atoms with E-state index < -0.39 is 6.10 Å². The smallest absolute Gasteiger partial charge is 0.280 e. The first-order chi connectivity index (χ1) is 11.6. The van der Waals surface area contributed by atoms with E-state index in [0.29, 0.717) is 17.2 Å². The Balaban J connectivity index is 1.54. The van der Waals surface area contributed by atoms with Crippen LogP contribution in [0, 0.1) is 6.92 Å². The van der Waals surface area contributed by atoms with Crippen molar-refractivity contribution in [2.45, 2.75) is 20.0 Å². The second-order valence-corrected chi connectivity index (χ2v) is 5.42. The van der Waals surface area contributed by atoms with Crippen molar-refractivity contribution in [3.8, 4) is 17.2 Å². The first-order valence-electron chi connectivity index (χ1n) is 7.58.